The Labute approximate surface area is 125 Å². The zero-order chi connectivity index (χ0) is 15.1. The summed E-state index contributed by atoms with van der Waals surface area (Å²) in [5.74, 6) is 0.845. The quantitative estimate of drug-likeness (QED) is 0.930. The van der Waals surface area contributed by atoms with Crippen LogP contribution in [0.3, 0.4) is 0 Å². The molecule has 2 aliphatic rings. The molecule has 0 saturated heterocycles. The highest BCUT2D eigenvalue weighted by Gasteiger charge is 2.50. The molecular formula is C17H23FN2O. The van der Waals surface area contributed by atoms with Gasteiger partial charge in [-0.05, 0) is 55.7 Å². The second-order valence-electron chi connectivity index (χ2n) is 6.61. The fourth-order valence-corrected chi connectivity index (χ4v) is 4.09. The molecule has 3 rings (SSSR count). The molecular weight excluding hydrogens is 267 g/mol. The molecule has 5 atom stereocenters. The van der Waals surface area contributed by atoms with Crippen LogP contribution in [0.1, 0.15) is 37.8 Å². The molecule has 5 unspecified atom stereocenters. The molecule has 4 heteroatoms. The predicted octanol–water partition coefficient (Wildman–Crippen LogP) is 2.72. The van der Waals surface area contributed by atoms with Crippen LogP contribution in [0.25, 0.3) is 0 Å². The lowest BCUT2D eigenvalue weighted by atomic mass is 9.83. The van der Waals surface area contributed by atoms with E-state index in [0.29, 0.717) is 11.8 Å². The molecule has 2 bridgehead atoms. The highest BCUT2D eigenvalue weighted by molar-refractivity contribution is 5.80. The lowest BCUT2D eigenvalue weighted by Gasteiger charge is -2.34. The van der Waals surface area contributed by atoms with Crippen molar-refractivity contribution in [2.45, 2.75) is 38.3 Å². The first-order chi connectivity index (χ1) is 9.99. The van der Waals surface area contributed by atoms with Gasteiger partial charge in [-0.2, -0.15) is 0 Å². The van der Waals surface area contributed by atoms with Crippen molar-refractivity contribution in [3.05, 3.63) is 35.6 Å². The molecule has 0 aliphatic heterocycles. The van der Waals surface area contributed by atoms with E-state index < -0.39 is 0 Å². The van der Waals surface area contributed by atoms with Gasteiger partial charge in [-0.25, -0.2) is 4.39 Å². The normalized spacial score (nSPS) is 32.2. The van der Waals surface area contributed by atoms with Gasteiger partial charge in [-0.1, -0.05) is 12.1 Å². The molecule has 1 amide bonds. The fourth-order valence-electron chi connectivity index (χ4n) is 4.09. The van der Waals surface area contributed by atoms with Crippen LogP contribution in [-0.4, -0.2) is 23.9 Å². The van der Waals surface area contributed by atoms with Crippen LogP contribution in [-0.2, 0) is 4.79 Å². The summed E-state index contributed by atoms with van der Waals surface area (Å²) in [6, 6.07) is 6.30. The third kappa shape index (κ3) is 2.46. The molecule has 0 radical (unpaired) electrons. The molecule has 0 heterocycles. The number of nitrogens with zero attached hydrogens (tertiary/aromatic N) is 1. The van der Waals surface area contributed by atoms with E-state index in [4.69, 9.17) is 5.73 Å². The number of carbonyl (C=O) groups is 1. The maximum atomic E-state index is 13.0. The van der Waals surface area contributed by atoms with Crippen LogP contribution in [0, 0.1) is 23.6 Å². The van der Waals surface area contributed by atoms with Gasteiger partial charge in [0.05, 0.1) is 12.0 Å². The standard InChI is InChI=1S/C17H23FN2O/c1-10(11-5-7-14(18)8-6-11)20(2)17(21)15-12-3-4-13(9-12)16(15)19/h5-8,10,12-13,15-16H,3-4,9,19H2,1-2H3. The summed E-state index contributed by atoms with van der Waals surface area (Å²) in [7, 11) is 1.83. The van der Waals surface area contributed by atoms with Crippen molar-refractivity contribution >= 4 is 5.91 Å². The number of halogens is 1. The molecule has 0 spiro atoms. The van der Waals surface area contributed by atoms with Gasteiger partial charge < -0.3 is 10.6 Å². The minimum atomic E-state index is -0.255. The SMILES string of the molecule is CC(c1ccc(F)cc1)N(C)C(=O)C1C2CCC(C2)C1N. The molecule has 0 aromatic heterocycles. The fraction of sp³-hybridized carbons (Fsp3) is 0.588. The van der Waals surface area contributed by atoms with Crippen LogP contribution in [0.15, 0.2) is 24.3 Å². The van der Waals surface area contributed by atoms with Gasteiger partial charge in [0.25, 0.3) is 0 Å². The lowest BCUT2D eigenvalue weighted by molar-refractivity contribution is -0.138. The maximum absolute atomic E-state index is 13.0. The molecule has 1 aromatic carbocycles. The second-order valence-corrected chi connectivity index (χ2v) is 6.61. The van der Waals surface area contributed by atoms with Crippen molar-refractivity contribution in [3.63, 3.8) is 0 Å². The molecule has 2 saturated carbocycles. The monoisotopic (exact) mass is 290 g/mol. The maximum Gasteiger partial charge on any atom is 0.227 e. The van der Waals surface area contributed by atoms with Gasteiger partial charge in [0.15, 0.2) is 0 Å². The van der Waals surface area contributed by atoms with Gasteiger partial charge in [0.1, 0.15) is 5.82 Å². The van der Waals surface area contributed by atoms with Crippen molar-refractivity contribution in [2.24, 2.45) is 23.5 Å². The third-order valence-electron chi connectivity index (χ3n) is 5.55. The number of nitrogens with two attached hydrogens (primary N) is 1. The molecule has 3 nitrogen and oxygen atoms in total. The first-order valence-corrected chi connectivity index (χ1v) is 7.76. The highest BCUT2D eigenvalue weighted by atomic mass is 19.1. The summed E-state index contributed by atoms with van der Waals surface area (Å²) in [6.07, 6.45) is 3.41. The van der Waals surface area contributed by atoms with Crippen molar-refractivity contribution in [1.82, 2.24) is 4.90 Å². The minimum Gasteiger partial charge on any atom is -0.339 e. The molecule has 21 heavy (non-hydrogen) atoms. The van der Waals surface area contributed by atoms with Gasteiger partial charge in [-0.3, -0.25) is 4.79 Å². The molecule has 114 valence electrons. The van der Waals surface area contributed by atoms with Crippen LogP contribution in [0.4, 0.5) is 4.39 Å². The Morgan fingerprint density at radius 2 is 1.90 bits per heavy atom. The Morgan fingerprint density at radius 3 is 2.48 bits per heavy atom. The number of carbonyl (C=O) groups excluding carboxylic acids is 1. The van der Waals surface area contributed by atoms with Crippen molar-refractivity contribution in [1.29, 1.82) is 0 Å². The topological polar surface area (TPSA) is 46.3 Å². The third-order valence-corrected chi connectivity index (χ3v) is 5.55. The van der Waals surface area contributed by atoms with E-state index >= 15 is 0 Å². The van der Waals surface area contributed by atoms with E-state index in [1.165, 1.54) is 18.6 Å². The van der Waals surface area contributed by atoms with Gasteiger partial charge in [-0.15, -0.1) is 0 Å². The first kappa shape index (κ1) is 14.5. The zero-order valence-corrected chi connectivity index (χ0v) is 12.6. The predicted molar refractivity (Wildman–Crippen MR) is 79.9 cm³/mol. The lowest BCUT2D eigenvalue weighted by Crippen LogP contribution is -2.46. The largest absolute Gasteiger partial charge is 0.339 e. The van der Waals surface area contributed by atoms with E-state index in [9.17, 15) is 9.18 Å². The number of hydrogen-bond donors (Lipinski definition) is 1. The Kier molecular flexibility index (Phi) is 3.74. The number of amides is 1. The molecule has 2 aliphatic carbocycles. The van der Waals surface area contributed by atoms with Crippen molar-refractivity contribution in [3.8, 4) is 0 Å². The molecule has 2 N–H and O–H groups in total. The van der Waals surface area contributed by atoms with Crippen LogP contribution in [0.5, 0.6) is 0 Å². The number of rotatable bonds is 3. The van der Waals surface area contributed by atoms with Crippen molar-refractivity contribution < 1.29 is 9.18 Å². The first-order valence-electron chi connectivity index (χ1n) is 7.76. The van der Waals surface area contributed by atoms with Crippen LogP contribution >= 0.6 is 0 Å². The Hall–Kier alpha value is -1.42. The Bertz CT molecular complexity index is 528. The molecule has 2 fully saturated rings. The van der Waals surface area contributed by atoms with Crippen LogP contribution in [0.2, 0.25) is 0 Å². The van der Waals surface area contributed by atoms with Crippen LogP contribution < -0.4 is 5.73 Å². The average molecular weight is 290 g/mol. The molecule has 1 aromatic rings. The van der Waals surface area contributed by atoms with Gasteiger partial charge >= 0.3 is 0 Å². The highest BCUT2D eigenvalue weighted by Crippen LogP contribution is 2.48. The summed E-state index contributed by atoms with van der Waals surface area (Å²) >= 11 is 0. The van der Waals surface area contributed by atoms with E-state index in [1.54, 1.807) is 17.0 Å². The van der Waals surface area contributed by atoms with Crippen molar-refractivity contribution in [2.75, 3.05) is 7.05 Å². The summed E-state index contributed by atoms with van der Waals surface area (Å²) in [4.78, 5) is 14.6. The summed E-state index contributed by atoms with van der Waals surface area (Å²) in [5, 5.41) is 0. The minimum absolute atomic E-state index is 0.0131. The average Bonchev–Trinajstić information content (AvgIpc) is 3.07. The summed E-state index contributed by atoms with van der Waals surface area (Å²) in [5.41, 5.74) is 7.21. The van der Waals surface area contributed by atoms with Gasteiger partial charge in [0.2, 0.25) is 5.91 Å². The zero-order valence-electron chi connectivity index (χ0n) is 12.6. The van der Waals surface area contributed by atoms with E-state index in [2.05, 4.69) is 0 Å². The van der Waals surface area contributed by atoms with E-state index in [1.807, 2.05) is 14.0 Å². The Balaban J connectivity index is 1.74. The number of hydrogen-bond acceptors (Lipinski definition) is 2. The number of fused-ring (bicyclic) bond motifs is 2. The summed E-state index contributed by atoms with van der Waals surface area (Å²) in [6.45, 7) is 1.98. The summed E-state index contributed by atoms with van der Waals surface area (Å²) < 4.78 is 13.0. The van der Waals surface area contributed by atoms with Gasteiger partial charge in [0, 0.05) is 13.1 Å². The smallest absolute Gasteiger partial charge is 0.227 e. The van der Waals surface area contributed by atoms with E-state index in [-0.39, 0.29) is 29.7 Å². The second kappa shape index (κ2) is 5.41. The van der Waals surface area contributed by atoms with E-state index in [0.717, 1.165) is 18.4 Å². The number of benzene rings is 1. The Morgan fingerprint density at radius 1 is 1.29 bits per heavy atom.